The summed E-state index contributed by atoms with van der Waals surface area (Å²) in [5.41, 5.74) is 5.93. The van der Waals surface area contributed by atoms with Gasteiger partial charge < -0.3 is 10.3 Å². The van der Waals surface area contributed by atoms with Gasteiger partial charge in [-0.2, -0.15) is 10.1 Å². The van der Waals surface area contributed by atoms with Crippen molar-refractivity contribution in [2.24, 2.45) is 11.7 Å². The molecule has 0 bridgehead atoms. The van der Waals surface area contributed by atoms with Gasteiger partial charge in [0.15, 0.2) is 5.82 Å². The minimum Gasteiger partial charge on any atom is -0.337 e. The number of rotatable bonds is 3. The Hall–Kier alpha value is -1.76. The first-order chi connectivity index (χ1) is 9.21. The molecule has 1 fully saturated rings. The number of aromatic nitrogens is 5. The van der Waals surface area contributed by atoms with Crippen molar-refractivity contribution in [3.63, 3.8) is 0 Å². The van der Waals surface area contributed by atoms with Crippen molar-refractivity contribution in [3.05, 3.63) is 12.2 Å². The summed E-state index contributed by atoms with van der Waals surface area (Å²) in [5, 5.41) is 10.4. The second kappa shape index (κ2) is 4.73. The molecule has 1 aliphatic carbocycles. The van der Waals surface area contributed by atoms with E-state index in [4.69, 9.17) is 10.3 Å². The minimum absolute atomic E-state index is 0.412. The van der Waals surface area contributed by atoms with E-state index in [1.165, 1.54) is 12.7 Å². The highest BCUT2D eigenvalue weighted by Crippen LogP contribution is 2.38. The van der Waals surface area contributed by atoms with Crippen molar-refractivity contribution in [2.45, 2.75) is 44.6 Å². The van der Waals surface area contributed by atoms with Gasteiger partial charge in [-0.15, -0.1) is 0 Å². The van der Waals surface area contributed by atoms with Crippen LogP contribution < -0.4 is 5.73 Å². The van der Waals surface area contributed by atoms with E-state index >= 15 is 0 Å². The summed E-state index contributed by atoms with van der Waals surface area (Å²) in [6.45, 7) is 2.23. The van der Waals surface area contributed by atoms with E-state index in [-0.39, 0.29) is 0 Å². The molecule has 3 rings (SSSR count). The van der Waals surface area contributed by atoms with Crippen molar-refractivity contribution in [1.82, 2.24) is 25.3 Å². The average Bonchev–Trinajstić information content (AvgIpc) is 3.10. The topological polar surface area (TPSA) is 107 Å². The fraction of sp³-hybridized carbons (Fsp3) is 0.667. The van der Waals surface area contributed by atoms with Crippen LogP contribution in [0.5, 0.6) is 0 Å². The van der Waals surface area contributed by atoms with Crippen LogP contribution in [0.4, 0.5) is 0 Å². The molecule has 0 amide bonds. The molecule has 2 aromatic heterocycles. The van der Waals surface area contributed by atoms with Crippen LogP contribution in [0.15, 0.2) is 10.9 Å². The maximum Gasteiger partial charge on any atom is 0.247 e. The average molecular weight is 262 g/mol. The van der Waals surface area contributed by atoms with Crippen LogP contribution in [0.25, 0.3) is 11.6 Å². The number of hydrogen-bond acceptors (Lipinski definition) is 6. The van der Waals surface area contributed by atoms with Gasteiger partial charge in [-0.05, 0) is 31.6 Å². The first kappa shape index (κ1) is 12.3. The Morgan fingerprint density at radius 3 is 2.89 bits per heavy atom. The molecule has 7 heteroatoms. The molecule has 0 aliphatic heterocycles. The van der Waals surface area contributed by atoms with Gasteiger partial charge in [-0.3, -0.25) is 5.10 Å². The predicted molar refractivity (Wildman–Crippen MR) is 67.8 cm³/mol. The lowest BCUT2D eigenvalue weighted by molar-refractivity contribution is 0.181. The van der Waals surface area contributed by atoms with Crippen LogP contribution in [0.2, 0.25) is 0 Å². The molecule has 1 saturated carbocycles. The molecule has 0 radical (unpaired) electrons. The Labute approximate surface area is 111 Å². The monoisotopic (exact) mass is 262 g/mol. The van der Waals surface area contributed by atoms with Crippen LogP contribution in [0.1, 0.15) is 44.9 Å². The van der Waals surface area contributed by atoms with E-state index in [9.17, 15) is 0 Å². The quantitative estimate of drug-likeness (QED) is 0.870. The van der Waals surface area contributed by atoms with E-state index < -0.39 is 5.54 Å². The van der Waals surface area contributed by atoms with Crippen LogP contribution in [0.3, 0.4) is 0 Å². The van der Waals surface area contributed by atoms with Gasteiger partial charge in [-0.1, -0.05) is 18.5 Å². The van der Waals surface area contributed by atoms with Crippen molar-refractivity contribution in [1.29, 1.82) is 0 Å². The zero-order valence-corrected chi connectivity index (χ0v) is 11.0. The zero-order chi connectivity index (χ0) is 13.3. The van der Waals surface area contributed by atoms with Crippen LogP contribution in [-0.2, 0) is 5.54 Å². The number of nitrogens with two attached hydrogens (primary N) is 1. The summed E-state index contributed by atoms with van der Waals surface area (Å²) in [4.78, 5) is 8.36. The lowest BCUT2D eigenvalue weighted by Crippen LogP contribution is -2.40. The lowest BCUT2D eigenvalue weighted by atomic mass is 9.76. The number of aromatic amines is 1. The Balaban J connectivity index is 1.79. The summed E-state index contributed by atoms with van der Waals surface area (Å²) >= 11 is 0. The smallest absolute Gasteiger partial charge is 0.247 e. The van der Waals surface area contributed by atoms with E-state index in [0.717, 1.165) is 31.6 Å². The maximum atomic E-state index is 6.42. The summed E-state index contributed by atoms with van der Waals surface area (Å²) in [5.74, 6) is 2.19. The number of H-pyrrole nitrogens is 1. The van der Waals surface area contributed by atoms with Crippen molar-refractivity contribution in [3.8, 4) is 11.6 Å². The Bertz CT molecular complexity index is 526. The van der Waals surface area contributed by atoms with Crippen molar-refractivity contribution < 1.29 is 4.52 Å². The number of nitrogens with zero attached hydrogens (tertiary/aromatic N) is 4. The molecule has 3 N–H and O–H groups in total. The molecule has 0 spiro atoms. The van der Waals surface area contributed by atoms with E-state index in [2.05, 4.69) is 32.2 Å². The summed E-state index contributed by atoms with van der Waals surface area (Å²) in [7, 11) is 0. The Morgan fingerprint density at radius 2 is 2.26 bits per heavy atom. The molecule has 0 atom stereocenters. The Morgan fingerprint density at radius 1 is 1.47 bits per heavy atom. The van der Waals surface area contributed by atoms with Gasteiger partial charge in [0.1, 0.15) is 6.33 Å². The third kappa shape index (κ3) is 2.25. The normalized spacial score (nSPS) is 27.6. The second-order valence-corrected chi connectivity index (χ2v) is 5.26. The maximum absolute atomic E-state index is 6.42. The Kier molecular flexibility index (Phi) is 3.06. The van der Waals surface area contributed by atoms with E-state index in [1.807, 2.05) is 0 Å². The molecule has 19 heavy (non-hydrogen) atoms. The minimum atomic E-state index is -0.489. The van der Waals surface area contributed by atoms with Gasteiger partial charge >= 0.3 is 0 Å². The summed E-state index contributed by atoms with van der Waals surface area (Å²) in [6, 6.07) is 0. The fourth-order valence-electron chi connectivity index (χ4n) is 2.65. The summed E-state index contributed by atoms with van der Waals surface area (Å²) in [6.07, 6.45) is 6.65. The molecule has 2 heterocycles. The molecule has 0 saturated heterocycles. The largest absolute Gasteiger partial charge is 0.337 e. The molecule has 7 nitrogen and oxygen atoms in total. The highest BCUT2D eigenvalue weighted by molar-refractivity contribution is 5.40. The van der Waals surface area contributed by atoms with Gasteiger partial charge in [0.25, 0.3) is 0 Å². The lowest BCUT2D eigenvalue weighted by Gasteiger charge is -2.33. The molecule has 0 aromatic carbocycles. The first-order valence-electron chi connectivity index (χ1n) is 6.70. The second-order valence-electron chi connectivity index (χ2n) is 5.26. The zero-order valence-electron chi connectivity index (χ0n) is 11.0. The predicted octanol–water partition coefficient (Wildman–Crippen LogP) is 1.61. The third-order valence-corrected chi connectivity index (χ3v) is 4.05. The number of hydrogen-bond donors (Lipinski definition) is 2. The third-order valence-electron chi connectivity index (χ3n) is 4.05. The van der Waals surface area contributed by atoms with Gasteiger partial charge in [0, 0.05) is 0 Å². The highest BCUT2D eigenvalue weighted by Gasteiger charge is 2.37. The van der Waals surface area contributed by atoms with E-state index in [0.29, 0.717) is 17.5 Å². The molecular formula is C12H18N6O. The van der Waals surface area contributed by atoms with Crippen LogP contribution in [0, 0.1) is 5.92 Å². The highest BCUT2D eigenvalue weighted by atomic mass is 16.5. The first-order valence-corrected chi connectivity index (χ1v) is 6.70. The SMILES string of the molecule is CCC1CCC(N)(c2nc(-c3ncn[nH]3)no2)CC1. The van der Waals surface area contributed by atoms with Crippen molar-refractivity contribution >= 4 is 0 Å². The molecular weight excluding hydrogens is 244 g/mol. The van der Waals surface area contributed by atoms with Gasteiger partial charge in [0.2, 0.25) is 11.7 Å². The van der Waals surface area contributed by atoms with E-state index in [1.54, 1.807) is 0 Å². The van der Waals surface area contributed by atoms with Gasteiger partial charge in [0.05, 0.1) is 5.54 Å². The fourth-order valence-corrected chi connectivity index (χ4v) is 2.65. The number of nitrogens with one attached hydrogen (secondary N) is 1. The van der Waals surface area contributed by atoms with Gasteiger partial charge in [-0.25, -0.2) is 4.98 Å². The molecule has 1 aliphatic rings. The summed E-state index contributed by atoms with van der Waals surface area (Å²) < 4.78 is 5.33. The van der Waals surface area contributed by atoms with Crippen LogP contribution in [-0.4, -0.2) is 25.3 Å². The van der Waals surface area contributed by atoms with Crippen LogP contribution >= 0.6 is 0 Å². The van der Waals surface area contributed by atoms with Crippen molar-refractivity contribution in [2.75, 3.05) is 0 Å². The standard InChI is InChI=1S/C12H18N6O/c1-2-8-3-5-12(13,6-4-8)11-16-10(18-19-11)9-14-7-15-17-9/h7-8H,2-6,13H2,1H3,(H,14,15,17). The molecule has 102 valence electrons. The molecule has 2 aromatic rings. The molecule has 0 unspecified atom stereocenters.